The van der Waals surface area contributed by atoms with Crippen molar-refractivity contribution < 1.29 is 13.2 Å². The van der Waals surface area contributed by atoms with Crippen molar-refractivity contribution >= 4 is 21.6 Å². The fraction of sp³-hybridized carbons (Fsp3) is 0.632. The Labute approximate surface area is 156 Å². The second-order valence-electron chi connectivity index (χ2n) is 7.40. The van der Waals surface area contributed by atoms with Crippen LogP contribution in [-0.4, -0.2) is 62.5 Å². The second-order valence-corrected chi connectivity index (χ2v) is 9.34. The lowest BCUT2D eigenvalue weighted by molar-refractivity contribution is -0.135. The van der Waals surface area contributed by atoms with Gasteiger partial charge in [0.25, 0.3) is 0 Å². The van der Waals surface area contributed by atoms with E-state index in [1.165, 1.54) is 29.1 Å². The van der Waals surface area contributed by atoms with Crippen LogP contribution in [-0.2, 0) is 21.4 Å². The largest absolute Gasteiger partial charge is 0.371 e. The summed E-state index contributed by atoms with van der Waals surface area (Å²) in [5.41, 5.74) is 2.31. The Morgan fingerprint density at radius 3 is 2.46 bits per heavy atom. The highest BCUT2D eigenvalue weighted by Gasteiger charge is 2.36. The maximum atomic E-state index is 13.0. The number of piperidine rings is 1. The monoisotopic (exact) mass is 379 g/mol. The zero-order valence-electron chi connectivity index (χ0n) is 15.7. The normalized spacial score (nSPS) is 21.8. The first-order chi connectivity index (χ1) is 12.4. The Morgan fingerprint density at radius 2 is 1.77 bits per heavy atom. The van der Waals surface area contributed by atoms with E-state index in [0.717, 1.165) is 31.5 Å². The third-order valence-corrected chi connectivity index (χ3v) is 6.68. The molecule has 7 heteroatoms. The van der Waals surface area contributed by atoms with Crippen LogP contribution in [0.2, 0.25) is 0 Å². The number of anilines is 1. The summed E-state index contributed by atoms with van der Waals surface area (Å²) in [4.78, 5) is 17.1. The van der Waals surface area contributed by atoms with Crippen LogP contribution in [0.25, 0.3) is 0 Å². The van der Waals surface area contributed by atoms with Crippen LogP contribution >= 0.6 is 0 Å². The highest BCUT2D eigenvalue weighted by Crippen LogP contribution is 2.27. The molecule has 1 aromatic rings. The summed E-state index contributed by atoms with van der Waals surface area (Å²) in [7, 11) is -1.59. The van der Waals surface area contributed by atoms with Gasteiger partial charge in [0, 0.05) is 38.9 Å². The molecule has 2 aliphatic heterocycles. The minimum absolute atomic E-state index is 0.105. The van der Waals surface area contributed by atoms with Crippen LogP contribution in [0.5, 0.6) is 0 Å². The van der Waals surface area contributed by atoms with E-state index in [1.54, 1.807) is 11.9 Å². The molecule has 0 N–H and O–H groups in total. The summed E-state index contributed by atoms with van der Waals surface area (Å²) in [6, 6.07) is 7.64. The van der Waals surface area contributed by atoms with Crippen molar-refractivity contribution in [2.45, 2.75) is 44.7 Å². The van der Waals surface area contributed by atoms with Crippen molar-refractivity contribution in [3.8, 4) is 0 Å². The second kappa shape index (κ2) is 7.96. The lowest BCUT2D eigenvalue weighted by atomic mass is 10.0. The molecule has 1 aromatic carbocycles. The van der Waals surface area contributed by atoms with Crippen LogP contribution in [0.3, 0.4) is 0 Å². The summed E-state index contributed by atoms with van der Waals surface area (Å²) >= 11 is 0. The molecule has 2 heterocycles. The van der Waals surface area contributed by atoms with Gasteiger partial charge in [-0.2, -0.15) is 4.31 Å². The molecule has 2 fully saturated rings. The van der Waals surface area contributed by atoms with Gasteiger partial charge in [0.05, 0.1) is 6.26 Å². The molecule has 2 saturated heterocycles. The van der Waals surface area contributed by atoms with Gasteiger partial charge in [0.2, 0.25) is 15.9 Å². The van der Waals surface area contributed by atoms with E-state index in [0.29, 0.717) is 19.5 Å². The summed E-state index contributed by atoms with van der Waals surface area (Å²) < 4.78 is 25.5. The molecule has 26 heavy (non-hydrogen) atoms. The number of amides is 1. The lowest BCUT2D eigenvalue weighted by Gasteiger charge is -2.35. The Kier molecular flexibility index (Phi) is 5.87. The molecule has 0 bridgehead atoms. The van der Waals surface area contributed by atoms with Gasteiger partial charge in [-0.05, 0) is 37.3 Å². The molecular weight excluding hydrogens is 350 g/mol. The minimum atomic E-state index is -3.37. The molecule has 0 aliphatic carbocycles. The molecule has 0 unspecified atom stereocenters. The SMILES string of the molecule is CN(Cc1ccccc1N1CCCC1)C(=O)[C@@H]1CCCCN1S(C)(=O)=O. The van der Waals surface area contributed by atoms with E-state index >= 15 is 0 Å². The Bertz CT molecular complexity index is 744. The number of sulfonamides is 1. The van der Waals surface area contributed by atoms with Gasteiger partial charge in [0.1, 0.15) is 6.04 Å². The van der Waals surface area contributed by atoms with Gasteiger partial charge < -0.3 is 9.80 Å². The number of rotatable bonds is 5. The van der Waals surface area contributed by atoms with Crippen molar-refractivity contribution in [1.82, 2.24) is 9.21 Å². The van der Waals surface area contributed by atoms with Crippen LogP contribution in [0.15, 0.2) is 24.3 Å². The van der Waals surface area contributed by atoms with Gasteiger partial charge >= 0.3 is 0 Å². The molecular formula is C19H29N3O3S. The number of carbonyl (C=O) groups excluding carboxylic acids is 1. The van der Waals surface area contributed by atoms with Crippen LogP contribution in [0.1, 0.15) is 37.7 Å². The van der Waals surface area contributed by atoms with E-state index in [-0.39, 0.29) is 5.91 Å². The van der Waals surface area contributed by atoms with Gasteiger partial charge in [-0.3, -0.25) is 4.79 Å². The highest BCUT2D eigenvalue weighted by molar-refractivity contribution is 7.88. The van der Waals surface area contributed by atoms with Crippen LogP contribution in [0.4, 0.5) is 5.69 Å². The minimum Gasteiger partial charge on any atom is -0.371 e. The molecule has 0 saturated carbocycles. The Balaban J connectivity index is 1.75. The van der Waals surface area contributed by atoms with Crippen molar-refractivity contribution in [2.24, 2.45) is 0 Å². The maximum Gasteiger partial charge on any atom is 0.241 e. The predicted molar refractivity (Wildman–Crippen MR) is 104 cm³/mol. The van der Waals surface area contributed by atoms with E-state index in [4.69, 9.17) is 0 Å². The first-order valence-corrected chi connectivity index (χ1v) is 11.3. The number of nitrogens with zero attached hydrogens (tertiary/aromatic N) is 3. The summed E-state index contributed by atoms with van der Waals surface area (Å²) in [6.45, 7) is 3.05. The summed E-state index contributed by atoms with van der Waals surface area (Å²) in [5.74, 6) is -0.105. The molecule has 1 atom stereocenters. The smallest absolute Gasteiger partial charge is 0.241 e. The van der Waals surface area contributed by atoms with Gasteiger partial charge in [0.15, 0.2) is 0 Å². The van der Waals surface area contributed by atoms with E-state index in [2.05, 4.69) is 17.0 Å². The van der Waals surface area contributed by atoms with Gasteiger partial charge in [-0.15, -0.1) is 0 Å². The van der Waals surface area contributed by atoms with Crippen molar-refractivity contribution in [1.29, 1.82) is 0 Å². The Morgan fingerprint density at radius 1 is 1.12 bits per heavy atom. The van der Waals surface area contributed by atoms with Crippen LogP contribution in [0, 0.1) is 0 Å². The van der Waals surface area contributed by atoms with E-state index < -0.39 is 16.1 Å². The molecule has 2 aliphatic rings. The third kappa shape index (κ3) is 4.20. The number of para-hydroxylation sites is 1. The highest BCUT2D eigenvalue weighted by atomic mass is 32.2. The molecule has 0 spiro atoms. The van der Waals surface area contributed by atoms with Gasteiger partial charge in [-0.25, -0.2) is 8.42 Å². The average molecular weight is 380 g/mol. The van der Waals surface area contributed by atoms with Crippen molar-refractivity contribution in [3.05, 3.63) is 29.8 Å². The fourth-order valence-electron chi connectivity index (χ4n) is 4.05. The molecule has 1 amide bonds. The number of hydrogen-bond donors (Lipinski definition) is 0. The summed E-state index contributed by atoms with van der Waals surface area (Å²) in [5, 5.41) is 0. The van der Waals surface area contributed by atoms with Gasteiger partial charge in [-0.1, -0.05) is 24.6 Å². The number of likely N-dealkylation sites (N-methyl/N-ethyl adjacent to an activating group) is 1. The molecule has 3 rings (SSSR count). The average Bonchev–Trinajstić information content (AvgIpc) is 3.15. The zero-order valence-corrected chi connectivity index (χ0v) is 16.5. The standard InChI is InChI=1S/C19H29N3O3S/c1-20(19(23)18-11-5-6-14-22(18)26(2,24)25)15-16-9-3-4-10-17(16)21-12-7-8-13-21/h3-4,9-10,18H,5-8,11-15H2,1-2H3/t18-/m0/s1. The third-order valence-electron chi connectivity index (χ3n) is 5.39. The van der Waals surface area contributed by atoms with Crippen molar-refractivity contribution in [2.75, 3.05) is 37.8 Å². The maximum absolute atomic E-state index is 13.0. The predicted octanol–water partition coefficient (Wildman–Crippen LogP) is 2.06. The number of hydrogen-bond acceptors (Lipinski definition) is 4. The quantitative estimate of drug-likeness (QED) is 0.786. The molecule has 0 aromatic heterocycles. The topological polar surface area (TPSA) is 60.9 Å². The molecule has 144 valence electrons. The first kappa shape index (κ1) is 19.2. The molecule has 6 nitrogen and oxygen atoms in total. The first-order valence-electron chi connectivity index (χ1n) is 9.42. The molecule has 0 radical (unpaired) electrons. The fourth-order valence-corrected chi connectivity index (χ4v) is 5.17. The zero-order chi connectivity index (χ0) is 18.7. The Hall–Kier alpha value is -1.60. The summed E-state index contributed by atoms with van der Waals surface area (Å²) in [6.07, 6.45) is 5.91. The van der Waals surface area contributed by atoms with E-state index in [1.807, 2.05) is 12.1 Å². The lowest BCUT2D eigenvalue weighted by Crippen LogP contribution is -2.51. The number of carbonyl (C=O) groups is 1. The number of benzene rings is 1. The van der Waals surface area contributed by atoms with E-state index in [9.17, 15) is 13.2 Å². The van der Waals surface area contributed by atoms with Crippen LogP contribution < -0.4 is 4.90 Å². The van der Waals surface area contributed by atoms with Crippen molar-refractivity contribution in [3.63, 3.8) is 0 Å².